The molecule has 0 amide bonds. The molecule has 3 aromatic carbocycles. The van der Waals surface area contributed by atoms with Crippen LogP contribution in [0.1, 0.15) is 17.0 Å². The van der Waals surface area contributed by atoms with E-state index in [2.05, 4.69) is 10.1 Å². The van der Waals surface area contributed by atoms with E-state index in [4.69, 9.17) is 4.74 Å². The molecule has 0 fully saturated rings. The Morgan fingerprint density at radius 3 is 2.19 bits per heavy atom. The molecule has 170 valence electrons. The lowest BCUT2D eigenvalue weighted by Gasteiger charge is -2.21. The highest BCUT2D eigenvalue weighted by molar-refractivity contribution is 5.60. The zero-order valence-corrected chi connectivity index (χ0v) is 16.6. The maximum atomic E-state index is 14.1. The first kappa shape index (κ1) is 23.5. The standard InChI is InChI=1S/C23H19F6NO2/c24-20-11-6-15(12-21(20)30-17-4-2-1-3-5-17)13-31-14-19(23(27,28)29)16-7-9-18(10-8-16)32-22(25)26/h1-12,19,22,30H,13-14H2. The van der Waals surface area contributed by atoms with Gasteiger partial charge in [0.05, 0.1) is 18.9 Å². The lowest BCUT2D eigenvalue weighted by Crippen LogP contribution is -2.25. The molecule has 3 rings (SSSR count). The van der Waals surface area contributed by atoms with E-state index in [0.29, 0.717) is 11.3 Å². The van der Waals surface area contributed by atoms with Crippen LogP contribution in [0.25, 0.3) is 0 Å². The molecular weight excluding hydrogens is 436 g/mol. The Morgan fingerprint density at radius 2 is 1.56 bits per heavy atom. The normalized spacial score (nSPS) is 12.6. The van der Waals surface area contributed by atoms with Gasteiger partial charge in [0.2, 0.25) is 0 Å². The lowest BCUT2D eigenvalue weighted by atomic mass is 9.99. The molecule has 1 atom stereocenters. The fourth-order valence-corrected chi connectivity index (χ4v) is 2.99. The fourth-order valence-electron chi connectivity index (χ4n) is 2.99. The van der Waals surface area contributed by atoms with Crippen molar-refractivity contribution in [3.8, 4) is 5.75 Å². The van der Waals surface area contributed by atoms with Crippen LogP contribution in [0.15, 0.2) is 72.8 Å². The Bertz CT molecular complexity index is 994. The van der Waals surface area contributed by atoms with Crippen molar-refractivity contribution in [2.75, 3.05) is 11.9 Å². The minimum atomic E-state index is -4.62. The third kappa shape index (κ3) is 6.65. The average molecular weight is 455 g/mol. The second kappa shape index (κ2) is 10.4. The molecule has 1 N–H and O–H groups in total. The molecule has 0 heterocycles. The molecule has 0 bridgehead atoms. The first-order valence-corrected chi connectivity index (χ1v) is 9.52. The van der Waals surface area contributed by atoms with Crippen LogP contribution in [0.5, 0.6) is 5.75 Å². The van der Waals surface area contributed by atoms with E-state index in [9.17, 15) is 26.3 Å². The van der Waals surface area contributed by atoms with Gasteiger partial charge in [-0.2, -0.15) is 22.0 Å². The molecule has 0 aliphatic rings. The zero-order chi connectivity index (χ0) is 23.1. The lowest BCUT2D eigenvalue weighted by molar-refractivity contribution is -0.163. The molecule has 1 unspecified atom stereocenters. The Hall–Kier alpha value is -3.20. The summed E-state index contributed by atoms with van der Waals surface area (Å²) < 4.78 is 88.5. The summed E-state index contributed by atoms with van der Waals surface area (Å²) >= 11 is 0. The Labute approximate surface area is 180 Å². The summed E-state index contributed by atoms with van der Waals surface area (Å²) in [6.07, 6.45) is -4.62. The summed E-state index contributed by atoms with van der Waals surface area (Å²) in [4.78, 5) is 0. The summed E-state index contributed by atoms with van der Waals surface area (Å²) in [5.74, 6) is -2.72. The van der Waals surface area contributed by atoms with Crippen molar-refractivity contribution in [1.82, 2.24) is 0 Å². The highest BCUT2D eigenvalue weighted by atomic mass is 19.4. The van der Waals surface area contributed by atoms with Gasteiger partial charge >= 0.3 is 12.8 Å². The van der Waals surface area contributed by atoms with Gasteiger partial charge in [0, 0.05) is 5.69 Å². The first-order chi connectivity index (χ1) is 15.2. The number of para-hydroxylation sites is 1. The van der Waals surface area contributed by atoms with E-state index in [1.807, 2.05) is 6.07 Å². The van der Waals surface area contributed by atoms with Gasteiger partial charge < -0.3 is 14.8 Å². The van der Waals surface area contributed by atoms with Crippen LogP contribution < -0.4 is 10.1 Å². The molecule has 0 aliphatic carbocycles. The highest BCUT2D eigenvalue weighted by Crippen LogP contribution is 2.36. The number of ether oxygens (including phenoxy) is 2. The molecule has 0 radical (unpaired) electrons. The van der Waals surface area contributed by atoms with Crippen LogP contribution in [0, 0.1) is 5.82 Å². The minimum absolute atomic E-state index is 0.148. The molecule has 0 saturated heterocycles. The zero-order valence-electron chi connectivity index (χ0n) is 16.6. The summed E-state index contributed by atoms with van der Waals surface area (Å²) in [5, 5.41) is 2.90. The average Bonchev–Trinajstić information content (AvgIpc) is 2.74. The number of halogens is 6. The molecule has 3 aromatic rings. The molecule has 3 nitrogen and oxygen atoms in total. The highest BCUT2D eigenvalue weighted by Gasteiger charge is 2.40. The van der Waals surface area contributed by atoms with Crippen LogP contribution in [0.2, 0.25) is 0 Å². The second-order valence-corrected chi connectivity index (χ2v) is 6.86. The third-order valence-corrected chi connectivity index (χ3v) is 4.54. The number of anilines is 2. The van der Waals surface area contributed by atoms with Gasteiger partial charge in [-0.3, -0.25) is 0 Å². The van der Waals surface area contributed by atoms with Crippen molar-refractivity contribution in [3.63, 3.8) is 0 Å². The van der Waals surface area contributed by atoms with E-state index in [1.54, 1.807) is 24.3 Å². The van der Waals surface area contributed by atoms with Crippen LogP contribution in [0.4, 0.5) is 37.7 Å². The van der Waals surface area contributed by atoms with Gasteiger partial charge in [-0.25, -0.2) is 4.39 Å². The molecule has 0 spiro atoms. The van der Waals surface area contributed by atoms with E-state index in [-0.39, 0.29) is 23.6 Å². The molecule has 0 aromatic heterocycles. The number of rotatable bonds is 9. The van der Waals surface area contributed by atoms with Crippen molar-refractivity contribution in [1.29, 1.82) is 0 Å². The van der Waals surface area contributed by atoms with Crippen molar-refractivity contribution in [2.45, 2.75) is 25.3 Å². The quantitative estimate of drug-likeness (QED) is 0.351. The van der Waals surface area contributed by atoms with Gasteiger partial charge in [0.15, 0.2) is 0 Å². The summed E-state index contributed by atoms with van der Waals surface area (Å²) in [6, 6.07) is 17.2. The van der Waals surface area contributed by atoms with Crippen LogP contribution >= 0.6 is 0 Å². The molecule has 0 aliphatic heterocycles. The summed E-state index contributed by atoms with van der Waals surface area (Å²) in [5.41, 5.74) is 1.15. The smallest absolute Gasteiger partial charge is 0.397 e. The molecular formula is C23H19F6NO2. The van der Waals surface area contributed by atoms with Gasteiger partial charge in [0.1, 0.15) is 17.5 Å². The van der Waals surface area contributed by atoms with E-state index < -0.39 is 31.1 Å². The van der Waals surface area contributed by atoms with E-state index in [1.165, 1.54) is 18.2 Å². The Morgan fingerprint density at radius 1 is 0.875 bits per heavy atom. The van der Waals surface area contributed by atoms with Crippen molar-refractivity contribution < 1.29 is 35.8 Å². The Balaban J connectivity index is 1.65. The maximum Gasteiger partial charge on any atom is 0.397 e. The van der Waals surface area contributed by atoms with Crippen LogP contribution in [-0.2, 0) is 11.3 Å². The van der Waals surface area contributed by atoms with Crippen LogP contribution in [0.3, 0.4) is 0 Å². The third-order valence-electron chi connectivity index (χ3n) is 4.54. The van der Waals surface area contributed by atoms with Crippen molar-refractivity contribution >= 4 is 11.4 Å². The maximum absolute atomic E-state index is 14.1. The second-order valence-electron chi connectivity index (χ2n) is 6.86. The number of hydrogen-bond acceptors (Lipinski definition) is 3. The van der Waals surface area contributed by atoms with Gasteiger partial charge in [0.25, 0.3) is 0 Å². The molecule has 0 saturated carbocycles. The molecule has 9 heteroatoms. The summed E-state index contributed by atoms with van der Waals surface area (Å²) in [7, 11) is 0. The summed E-state index contributed by atoms with van der Waals surface area (Å²) in [6.45, 7) is -3.94. The monoisotopic (exact) mass is 455 g/mol. The first-order valence-electron chi connectivity index (χ1n) is 9.52. The SMILES string of the molecule is Fc1ccc(COCC(c2ccc(OC(F)F)cc2)C(F)(F)F)cc1Nc1ccccc1. The topological polar surface area (TPSA) is 30.5 Å². The van der Waals surface area contributed by atoms with E-state index >= 15 is 0 Å². The number of alkyl halides is 5. The van der Waals surface area contributed by atoms with Crippen molar-refractivity contribution in [2.24, 2.45) is 0 Å². The number of hydrogen-bond donors (Lipinski definition) is 1. The molecule has 32 heavy (non-hydrogen) atoms. The number of benzene rings is 3. The van der Waals surface area contributed by atoms with Crippen LogP contribution in [-0.4, -0.2) is 19.4 Å². The minimum Gasteiger partial charge on any atom is -0.435 e. The number of nitrogens with one attached hydrogen (secondary N) is 1. The predicted molar refractivity (Wildman–Crippen MR) is 108 cm³/mol. The van der Waals surface area contributed by atoms with Crippen molar-refractivity contribution in [3.05, 3.63) is 89.7 Å². The van der Waals surface area contributed by atoms with Gasteiger partial charge in [-0.05, 0) is 47.5 Å². The van der Waals surface area contributed by atoms with Gasteiger partial charge in [-0.15, -0.1) is 0 Å². The fraction of sp³-hybridized carbons (Fsp3) is 0.217. The van der Waals surface area contributed by atoms with E-state index in [0.717, 1.165) is 24.3 Å². The van der Waals surface area contributed by atoms with Gasteiger partial charge in [-0.1, -0.05) is 36.4 Å². The largest absolute Gasteiger partial charge is 0.435 e. The Kier molecular flexibility index (Phi) is 7.63. The predicted octanol–water partition coefficient (Wildman–Crippen LogP) is 7.03.